The average molecular weight is 447 g/mol. The van der Waals surface area contributed by atoms with Crippen LogP contribution in [-0.4, -0.2) is 68.1 Å². The highest BCUT2D eigenvalue weighted by molar-refractivity contribution is 6.30. The Morgan fingerprint density at radius 1 is 0.903 bits per heavy atom. The number of hydrogen-bond acceptors (Lipinski definition) is 5. The lowest BCUT2D eigenvalue weighted by Gasteiger charge is -2.25. The Kier molecular flexibility index (Phi) is 7.63. The van der Waals surface area contributed by atoms with Crippen molar-refractivity contribution >= 4 is 23.4 Å². The Morgan fingerprint density at radius 2 is 1.55 bits per heavy atom. The van der Waals surface area contributed by atoms with Crippen LogP contribution in [0.25, 0.3) is 0 Å². The van der Waals surface area contributed by atoms with E-state index < -0.39 is 6.10 Å². The molecule has 0 aliphatic carbocycles. The standard InChI is InChI=1S/C23H27ClN2O5/c1-16(31-19-8-6-18(24)7-9-19)22(27)25-11-4-12-26(14-13-25)23(28)17-5-10-20(29-2)21(15-17)30-3/h5-10,15-16H,4,11-14H2,1-3H3. The van der Waals surface area contributed by atoms with Gasteiger partial charge in [-0.25, -0.2) is 0 Å². The molecule has 8 heteroatoms. The second-order valence-electron chi connectivity index (χ2n) is 7.25. The first-order valence-electron chi connectivity index (χ1n) is 10.1. The van der Waals surface area contributed by atoms with Gasteiger partial charge in [0.15, 0.2) is 17.6 Å². The molecule has 166 valence electrons. The number of halogens is 1. The number of carbonyl (C=O) groups excluding carboxylic acids is 2. The number of nitrogens with zero attached hydrogens (tertiary/aromatic N) is 2. The predicted octanol–water partition coefficient (Wildman–Crippen LogP) is 3.50. The summed E-state index contributed by atoms with van der Waals surface area (Å²) in [5.74, 6) is 1.47. The van der Waals surface area contributed by atoms with Gasteiger partial charge < -0.3 is 24.0 Å². The first-order valence-corrected chi connectivity index (χ1v) is 10.5. The molecule has 2 aromatic rings. The molecule has 0 aromatic heterocycles. The summed E-state index contributed by atoms with van der Waals surface area (Å²) in [6.07, 6.45) is 0.0626. The lowest BCUT2D eigenvalue weighted by molar-refractivity contribution is -0.137. The molecule has 1 atom stereocenters. The molecule has 3 rings (SSSR count). The normalized spacial score (nSPS) is 15.1. The number of benzene rings is 2. The monoisotopic (exact) mass is 446 g/mol. The van der Waals surface area contributed by atoms with Crippen LogP contribution in [-0.2, 0) is 4.79 Å². The van der Waals surface area contributed by atoms with Crippen LogP contribution in [0.5, 0.6) is 17.2 Å². The van der Waals surface area contributed by atoms with Crippen LogP contribution >= 0.6 is 11.6 Å². The number of ether oxygens (including phenoxy) is 3. The molecule has 0 saturated carbocycles. The molecule has 1 aliphatic rings. The summed E-state index contributed by atoms with van der Waals surface area (Å²) >= 11 is 5.89. The SMILES string of the molecule is COc1ccc(C(=O)N2CCCN(C(=O)C(C)Oc3ccc(Cl)cc3)CC2)cc1OC. The smallest absolute Gasteiger partial charge is 0.263 e. The highest BCUT2D eigenvalue weighted by Crippen LogP contribution is 2.28. The summed E-state index contributed by atoms with van der Waals surface area (Å²) in [5, 5.41) is 0.609. The number of carbonyl (C=O) groups is 2. The zero-order valence-corrected chi connectivity index (χ0v) is 18.7. The number of rotatable bonds is 6. The van der Waals surface area contributed by atoms with Crippen LogP contribution in [0.15, 0.2) is 42.5 Å². The molecule has 7 nitrogen and oxygen atoms in total. The van der Waals surface area contributed by atoms with Crippen LogP contribution in [0, 0.1) is 0 Å². The maximum atomic E-state index is 13.0. The maximum Gasteiger partial charge on any atom is 0.263 e. The number of methoxy groups -OCH3 is 2. The summed E-state index contributed by atoms with van der Waals surface area (Å²) < 4.78 is 16.3. The van der Waals surface area contributed by atoms with Gasteiger partial charge in [0.1, 0.15) is 5.75 Å². The van der Waals surface area contributed by atoms with Crippen molar-refractivity contribution in [2.24, 2.45) is 0 Å². The zero-order chi connectivity index (χ0) is 22.4. The third-order valence-corrected chi connectivity index (χ3v) is 5.45. The molecule has 31 heavy (non-hydrogen) atoms. The molecule has 1 fully saturated rings. The fourth-order valence-electron chi connectivity index (χ4n) is 3.52. The third kappa shape index (κ3) is 5.61. The van der Waals surface area contributed by atoms with Crippen LogP contribution in [0.1, 0.15) is 23.7 Å². The maximum absolute atomic E-state index is 13.0. The second kappa shape index (κ2) is 10.4. The van der Waals surface area contributed by atoms with E-state index in [1.54, 1.807) is 66.3 Å². The van der Waals surface area contributed by atoms with Crippen LogP contribution < -0.4 is 14.2 Å². The topological polar surface area (TPSA) is 68.3 Å². The molecule has 0 N–H and O–H groups in total. The highest BCUT2D eigenvalue weighted by Gasteiger charge is 2.27. The van der Waals surface area contributed by atoms with Gasteiger partial charge in [0.05, 0.1) is 14.2 Å². The Hall–Kier alpha value is -2.93. The predicted molar refractivity (Wildman–Crippen MR) is 118 cm³/mol. The van der Waals surface area contributed by atoms with Crippen molar-refractivity contribution in [3.63, 3.8) is 0 Å². The molecule has 1 aliphatic heterocycles. The first-order chi connectivity index (χ1) is 14.9. The lowest BCUT2D eigenvalue weighted by atomic mass is 10.1. The van der Waals surface area contributed by atoms with Gasteiger partial charge in [-0.3, -0.25) is 9.59 Å². The Morgan fingerprint density at radius 3 is 2.23 bits per heavy atom. The minimum absolute atomic E-state index is 0.0966. The van der Waals surface area contributed by atoms with Crippen molar-refractivity contribution in [1.82, 2.24) is 9.80 Å². The molecule has 2 amide bonds. The fourth-order valence-corrected chi connectivity index (χ4v) is 3.64. The summed E-state index contributed by atoms with van der Waals surface area (Å²) in [5.41, 5.74) is 0.525. The van der Waals surface area contributed by atoms with E-state index in [9.17, 15) is 9.59 Å². The van der Waals surface area contributed by atoms with Gasteiger partial charge in [0.2, 0.25) is 0 Å². The minimum atomic E-state index is -0.630. The molecular formula is C23H27ClN2O5. The van der Waals surface area contributed by atoms with Crippen LogP contribution in [0.3, 0.4) is 0 Å². The van der Waals surface area contributed by atoms with E-state index >= 15 is 0 Å². The van der Waals surface area contributed by atoms with Crippen molar-refractivity contribution in [1.29, 1.82) is 0 Å². The highest BCUT2D eigenvalue weighted by atomic mass is 35.5. The number of hydrogen-bond donors (Lipinski definition) is 0. The Balaban J connectivity index is 1.61. The van der Waals surface area contributed by atoms with E-state index in [0.29, 0.717) is 60.4 Å². The van der Waals surface area contributed by atoms with Crippen molar-refractivity contribution in [2.45, 2.75) is 19.4 Å². The van der Waals surface area contributed by atoms with Crippen LogP contribution in [0.2, 0.25) is 5.02 Å². The van der Waals surface area contributed by atoms with Gasteiger partial charge >= 0.3 is 0 Å². The average Bonchev–Trinajstić information content (AvgIpc) is 3.05. The van der Waals surface area contributed by atoms with Gasteiger partial charge in [0.25, 0.3) is 11.8 Å². The first kappa shape index (κ1) is 22.7. The van der Waals surface area contributed by atoms with Crippen molar-refractivity contribution < 1.29 is 23.8 Å². The minimum Gasteiger partial charge on any atom is -0.493 e. The van der Waals surface area contributed by atoms with Gasteiger partial charge in [-0.2, -0.15) is 0 Å². The summed E-state index contributed by atoms with van der Waals surface area (Å²) in [6.45, 7) is 3.78. The number of amides is 2. The summed E-state index contributed by atoms with van der Waals surface area (Å²) in [4.78, 5) is 29.4. The van der Waals surface area contributed by atoms with Crippen molar-refractivity contribution in [3.05, 3.63) is 53.1 Å². The quantitative estimate of drug-likeness (QED) is 0.679. The van der Waals surface area contributed by atoms with Gasteiger partial charge in [-0.15, -0.1) is 0 Å². The second-order valence-corrected chi connectivity index (χ2v) is 7.69. The van der Waals surface area contributed by atoms with E-state index in [0.717, 1.165) is 0 Å². The van der Waals surface area contributed by atoms with Gasteiger partial charge in [-0.05, 0) is 55.8 Å². The zero-order valence-electron chi connectivity index (χ0n) is 18.0. The molecule has 1 heterocycles. The van der Waals surface area contributed by atoms with E-state index in [-0.39, 0.29) is 11.8 Å². The third-order valence-electron chi connectivity index (χ3n) is 5.20. The fraction of sp³-hybridized carbons (Fsp3) is 0.391. The van der Waals surface area contributed by atoms with E-state index in [2.05, 4.69) is 0 Å². The largest absolute Gasteiger partial charge is 0.493 e. The van der Waals surface area contributed by atoms with Gasteiger partial charge in [0, 0.05) is 36.8 Å². The molecule has 0 radical (unpaired) electrons. The lowest BCUT2D eigenvalue weighted by Crippen LogP contribution is -2.43. The van der Waals surface area contributed by atoms with E-state index in [4.69, 9.17) is 25.8 Å². The van der Waals surface area contributed by atoms with E-state index in [1.165, 1.54) is 7.11 Å². The molecule has 0 spiro atoms. The van der Waals surface area contributed by atoms with Crippen molar-refractivity contribution in [2.75, 3.05) is 40.4 Å². The summed E-state index contributed by atoms with van der Waals surface area (Å²) in [7, 11) is 3.09. The van der Waals surface area contributed by atoms with Crippen LogP contribution in [0.4, 0.5) is 0 Å². The molecule has 1 saturated heterocycles. The molecule has 0 bridgehead atoms. The van der Waals surface area contributed by atoms with E-state index in [1.807, 2.05) is 0 Å². The molecular weight excluding hydrogens is 420 g/mol. The molecule has 2 aromatic carbocycles. The Labute approximate surface area is 187 Å². The molecule has 1 unspecified atom stereocenters. The summed E-state index contributed by atoms with van der Waals surface area (Å²) in [6, 6.07) is 12.0. The Bertz CT molecular complexity index is 919. The van der Waals surface area contributed by atoms with Crippen molar-refractivity contribution in [3.8, 4) is 17.2 Å². The van der Waals surface area contributed by atoms with Gasteiger partial charge in [-0.1, -0.05) is 11.6 Å².